The molecule has 1 aliphatic rings. The smallest absolute Gasteiger partial charge is 0.321 e. The summed E-state index contributed by atoms with van der Waals surface area (Å²) in [5, 5.41) is 3.29. The fourth-order valence-electron chi connectivity index (χ4n) is 2.69. The quantitative estimate of drug-likeness (QED) is 0.752. The number of fused-ring (bicyclic) bond motifs is 1. The van der Waals surface area contributed by atoms with E-state index >= 15 is 0 Å². The minimum Gasteiger partial charge on any atom is -0.321 e. The molecule has 2 heterocycles. The number of nitrogens with zero attached hydrogens (tertiary/aromatic N) is 2. The Morgan fingerprint density at radius 1 is 1.28 bits per heavy atom. The summed E-state index contributed by atoms with van der Waals surface area (Å²) in [4.78, 5) is 43.0. The number of para-hydroxylation sites is 1. The molecule has 2 aromatic heterocycles. The number of H-pyrrole nitrogens is 1. The van der Waals surface area contributed by atoms with Crippen LogP contribution in [-0.4, -0.2) is 20.4 Å². The second kappa shape index (κ2) is 5.86. The van der Waals surface area contributed by atoms with Crippen LogP contribution < -0.4 is 16.6 Å². The van der Waals surface area contributed by atoms with E-state index in [1.165, 1.54) is 16.8 Å². The fraction of sp³-hybridized carbons (Fsp3) is 0.176. The van der Waals surface area contributed by atoms with Crippen molar-refractivity contribution in [2.24, 2.45) is 0 Å². The van der Waals surface area contributed by atoms with Crippen molar-refractivity contribution in [1.82, 2.24) is 14.5 Å². The molecule has 1 aliphatic carbocycles. The van der Waals surface area contributed by atoms with Crippen LogP contribution in [0.3, 0.4) is 0 Å². The van der Waals surface area contributed by atoms with Gasteiger partial charge in [0, 0.05) is 12.2 Å². The van der Waals surface area contributed by atoms with E-state index < -0.39 is 17.2 Å². The maximum atomic E-state index is 12.4. The maximum absolute atomic E-state index is 12.4. The Bertz CT molecular complexity index is 1110. The van der Waals surface area contributed by atoms with E-state index in [2.05, 4.69) is 15.3 Å². The van der Waals surface area contributed by atoms with Crippen molar-refractivity contribution in [1.29, 1.82) is 0 Å². The van der Waals surface area contributed by atoms with Crippen LogP contribution in [0.1, 0.15) is 29.2 Å². The molecule has 0 saturated heterocycles. The summed E-state index contributed by atoms with van der Waals surface area (Å²) in [5.74, 6) is -0.439. The standard InChI is InChI=1S/C17H13ClN4O3/c18-12-3-1-2-4-13(12)20-15(23)9-7-11-14(19-8-9)22(10-5-6-10)17(25)21-16(11)24/h1-4,7-8,10H,5-6H2,(H,20,23)(H,21,24,25). The topological polar surface area (TPSA) is 96.8 Å². The molecule has 8 heteroatoms. The van der Waals surface area contributed by atoms with Crippen molar-refractivity contribution in [3.63, 3.8) is 0 Å². The van der Waals surface area contributed by atoms with Crippen LogP contribution in [0.5, 0.6) is 0 Å². The third-order valence-electron chi connectivity index (χ3n) is 4.08. The second-order valence-corrected chi connectivity index (χ2v) is 6.30. The molecule has 1 amide bonds. The Balaban J connectivity index is 1.77. The largest absolute Gasteiger partial charge is 0.330 e. The molecule has 0 radical (unpaired) electrons. The van der Waals surface area contributed by atoms with E-state index in [1.807, 2.05) is 0 Å². The zero-order valence-corrected chi connectivity index (χ0v) is 13.7. The number of carbonyl (C=O) groups excluding carboxylic acids is 1. The van der Waals surface area contributed by atoms with Gasteiger partial charge in [-0.25, -0.2) is 9.78 Å². The molecule has 0 unspecified atom stereocenters. The third kappa shape index (κ3) is 2.83. The number of hydrogen-bond donors (Lipinski definition) is 2. The third-order valence-corrected chi connectivity index (χ3v) is 4.40. The van der Waals surface area contributed by atoms with E-state index in [1.54, 1.807) is 24.3 Å². The Kier molecular flexibility index (Phi) is 3.65. The number of halogens is 1. The first-order valence-corrected chi connectivity index (χ1v) is 8.13. The molecule has 3 aromatic rings. The summed E-state index contributed by atoms with van der Waals surface area (Å²) < 4.78 is 1.48. The predicted octanol–water partition coefficient (Wildman–Crippen LogP) is 2.33. The van der Waals surface area contributed by atoms with E-state index in [-0.39, 0.29) is 17.0 Å². The summed E-state index contributed by atoms with van der Waals surface area (Å²) in [7, 11) is 0. The zero-order valence-electron chi connectivity index (χ0n) is 13.0. The van der Waals surface area contributed by atoms with Crippen LogP contribution >= 0.6 is 11.6 Å². The van der Waals surface area contributed by atoms with Crippen molar-refractivity contribution in [3.05, 3.63) is 68.0 Å². The Hall–Kier alpha value is -2.93. The number of anilines is 1. The van der Waals surface area contributed by atoms with Gasteiger partial charge < -0.3 is 5.32 Å². The first-order chi connectivity index (χ1) is 12.0. The normalized spacial score (nSPS) is 13.8. The van der Waals surface area contributed by atoms with Gasteiger partial charge >= 0.3 is 5.69 Å². The van der Waals surface area contributed by atoms with Crippen LogP contribution in [0.4, 0.5) is 5.69 Å². The number of aromatic amines is 1. The number of hydrogen-bond acceptors (Lipinski definition) is 4. The van der Waals surface area contributed by atoms with E-state index in [0.717, 1.165) is 12.8 Å². The van der Waals surface area contributed by atoms with Gasteiger partial charge in [0.15, 0.2) is 0 Å². The number of rotatable bonds is 3. The molecule has 4 rings (SSSR count). The van der Waals surface area contributed by atoms with Crippen LogP contribution in [0.15, 0.2) is 46.1 Å². The highest BCUT2D eigenvalue weighted by molar-refractivity contribution is 6.33. The van der Waals surface area contributed by atoms with Crippen LogP contribution in [0.2, 0.25) is 5.02 Å². The Morgan fingerprint density at radius 3 is 2.76 bits per heavy atom. The number of pyridine rings is 1. The zero-order chi connectivity index (χ0) is 17.6. The van der Waals surface area contributed by atoms with Gasteiger partial charge in [0.2, 0.25) is 0 Å². The Labute approximate surface area is 146 Å². The number of amides is 1. The van der Waals surface area contributed by atoms with Gasteiger partial charge in [-0.2, -0.15) is 0 Å². The predicted molar refractivity (Wildman–Crippen MR) is 94.3 cm³/mol. The molecule has 25 heavy (non-hydrogen) atoms. The van der Waals surface area contributed by atoms with E-state index in [4.69, 9.17) is 11.6 Å². The van der Waals surface area contributed by atoms with Gasteiger partial charge in [0.05, 0.1) is 21.7 Å². The molecule has 2 N–H and O–H groups in total. The SMILES string of the molecule is O=C(Nc1ccccc1Cl)c1cnc2c(c1)c(=O)[nH]c(=O)n2C1CC1. The van der Waals surface area contributed by atoms with Gasteiger partial charge in [-0.3, -0.25) is 19.1 Å². The lowest BCUT2D eigenvalue weighted by atomic mass is 10.2. The first-order valence-electron chi connectivity index (χ1n) is 7.75. The second-order valence-electron chi connectivity index (χ2n) is 5.89. The molecule has 0 aliphatic heterocycles. The number of aromatic nitrogens is 3. The molecule has 7 nitrogen and oxygen atoms in total. The first kappa shape index (κ1) is 15.6. The van der Waals surface area contributed by atoms with E-state index in [0.29, 0.717) is 16.4 Å². The molecule has 0 spiro atoms. The van der Waals surface area contributed by atoms with Crippen molar-refractivity contribution >= 4 is 34.2 Å². The maximum Gasteiger partial charge on any atom is 0.330 e. The Morgan fingerprint density at radius 2 is 2.04 bits per heavy atom. The minimum atomic E-state index is -0.559. The molecule has 126 valence electrons. The lowest BCUT2D eigenvalue weighted by Gasteiger charge is -2.09. The van der Waals surface area contributed by atoms with Crippen LogP contribution in [0.25, 0.3) is 11.0 Å². The van der Waals surface area contributed by atoms with Crippen molar-refractivity contribution in [2.75, 3.05) is 5.32 Å². The molecule has 1 saturated carbocycles. The highest BCUT2D eigenvalue weighted by atomic mass is 35.5. The number of benzene rings is 1. The highest BCUT2D eigenvalue weighted by Gasteiger charge is 2.27. The lowest BCUT2D eigenvalue weighted by molar-refractivity contribution is 0.102. The fourth-order valence-corrected chi connectivity index (χ4v) is 2.87. The van der Waals surface area contributed by atoms with Crippen LogP contribution in [0, 0.1) is 0 Å². The summed E-state index contributed by atoms with van der Waals surface area (Å²) in [6, 6.07) is 8.33. The van der Waals surface area contributed by atoms with Gasteiger partial charge in [0.25, 0.3) is 11.5 Å². The van der Waals surface area contributed by atoms with E-state index in [9.17, 15) is 14.4 Å². The van der Waals surface area contributed by atoms with Gasteiger partial charge in [-0.1, -0.05) is 23.7 Å². The summed E-state index contributed by atoms with van der Waals surface area (Å²) in [6.07, 6.45) is 3.10. The summed E-state index contributed by atoms with van der Waals surface area (Å²) >= 11 is 6.03. The summed E-state index contributed by atoms with van der Waals surface area (Å²) in [5.41, 5.74) is -0.0619. The summed E-state index contributed by atoms with van der Waals surface area (Å²) in [6.45, 7) is 0. The van der Waals surface area contributed by atoms with Crippen molar-refractivity contribution in [2.45, 2.75) is 18.9 Å². The average Bonchev–Trinajstić information content (AvgIpc) is 3.41. The average molecular weight is 357 g/mol. The number of carbonyl (C=O) groups is 1. The lowest BCUT2D eigenvalue weighted by Crippen LogP contribution is -2.30. The molecule has 1 aromatic carbocycles. The minimum absolute atomic E-state index is 0.0575. The van der Waals surface area contributed by atoms with Crippen molar-refractivity contribution < 1.29 is 4.79 Å². The highest BCUT2D eigenvalue weighted by Crippen LogP contribution is 2.34. The molecule has 1 fully saturated rings. The monoisotopic (exact) mass is 356 g/mol. The van der Waals surface area contributed by atoms with Gasteiger partial charge in [-0.05, 0) is 31.0 Å². The molecular weight excluding hydrogens is 344 g/mol. The number of nitrogens with one attached hydrogen (secondary N) is 2. The van der Waals surface area contributed by atoms with Crippen molar-refractivity contribution in [3.8, 4) is 0 Å². The molecular formula is C17H13ClN4O3. The molecule has 0 atom stereocenters. The van der Waals surface area contributed by atoms with Gasteiger partial charge in [0.1, 0.15) is 5.65 Å². The molecule has 0 bridgehead atoms. The van der Waals surface area contributed by atoms with Crippen LogP contribution in [-0.2, 0) is 0 Å². The van der Waals surface area contributed by atoms with Gasteiger partial charge in [-0.15, -0.1) is 0 Å².